The molecule has 1 heterocycles. The van der Waals surface area contributed by atoms with Crippen LogP contribution in [0.2, 0.25) is 0 Å². The van der Waals surface area contributed by atoms with Crippen molar-refractivity contribution in [1.29, 1.82) is 0 Å². The number of guanidine groups is 1. The number of para-hydroxylation sites is 1. The van der Waals surface area contributed by atoms with Gasteiger partial charge in [0, 0.05) is 25.7 Å². The van der Waals surface area contributed by atoms with E-state index in [1.54, 1.807) is 14.2 Å². The van der Waals surface area contributed by atoms with E-state index in [9.17, 15) is 13.2 Å². The topological polar surface area (TPSA) is 48.9 Å². The van der Waals surface area contributed by atoms with E-state index in [1.165, 1.54) is 4.90 Å². The second kappa shape index (κ2) is 12.4. The van der Waals surface area contributed by atoms with Crippen molar-refractivity contribution >= 4 is 29.9 Å². The van der Waals surface area contributed by atoms with Crippen LogP contribution in [0.3, 0.4) is 0 Å². The number of alkyl halides is 3. The summed E-state index contributed by atoms with van der Waals surface area (Å²) in [5.41, 5.74) is 1.04. The number of nitrogens with zero attached hydrogens (tertiary/aromatic N) is 2. The Morgan fingerprint density at radius 3 is 2.50 bits per heavy atom. The fourth-order valence-electron chi connectivity index (χ4n) is 3.33. The first-order valence-corrected chi connectivity index (χ1v) is 9.27. The third kappa shape index (κ3) is 8.85. The van der Waals surface area contributed by atoms with Crippen LogP contribution >= 0.6 is 24.0 Å². The summed E-state index contributed by atoms with van der Waals surface area (Å²) in [5.74, 6) is 1.98. The van der Waals surface area contributed by atoms with Gasteiger partial charge in [0.1, 0.15) is 5.75 Å². The Labute approximate surface area is 182 Å². The van der Waals surface area contributed by atoms with Crippen LogP contribution in [0.4, 0.5) is 13.2 Å². The average Bonchev–Trinajstić information content (AvgIpc) is 2.65. The van der Waals surface area contributed by atoms with Gasteiger partial charge in [-0.15, -0.1) is 24.0 Å². The number of hydrogen-bond donors (Lipinski definition) is 2. The first-order chi connectivity index (χ1) is 12.9. The highest BCUT2D eigenvalue weighted by molar-refractivity contribution is 14.0. The van der Waals surface area contributed by atoms with Crippen LogP contribution in [0, 0.1) is 5.92 Å². The Hall–Kier alpha value is -1.23. The molecule has 5 nitrogen and oxygen atoms in total. The molecule has 1 saturated heterocycles. The van der Waals surface area contributed by atoms with Crippen molar-refractivity contribution in [1.82, 2.24) is 15.5 Å². The molecule has 0 saturated carbocycles. The fourth-order valence-corrected chi connectivity index (χ4v) is 3.33. The quantitative estimate of drug-likeness (QED) is 0.332. The number of likely N-dealkylation sites (tertiary alicyclic amines) is 1. The Kier molecular flexibility index (Phi) is 10.9. The van der Waals surface area contributed by atoms with Gasteiger partial charge in [0.05, 0.1) is 13.7 Å². The monoisotopic (exact) mass is 514 g/mol. The van der Waals surface area contributed by atoms with Crippen LogP contribution in [-0.4, -0.2) is 57.4 Å². The summed E-state index contributed by atoms with van der Waals surface area (Å²) in [4.78, 5) is 5.71. The highest BCUT2D eigenvalue weighted by atomic mass is 127. The number of rotatable bonds is 7. The third-order valence-electron chi connectivity index (χ3n) is 4.82. The van der Waals surface area contributed by atoms with Crippen LogP contribution < -0.4 is 15.4 Å². The van der Waals surface area contributed by atoms with E-state index in [0.29, 0.717) is 31.5 Å². The van der Waals surface area contributed by atoms with Crippen LogP contribution in [0.1, 0.15) is 24.8 Å². The van der Waals surface area contributed by atoms with Crippen molar-refractivity contribution in [2.75, 3.05) is 40.3 Å². The predicted octanol–water partition coefficient (Wildman–Crippen LogP) is 3.64. The minimum atomic E-state index is -4.10. The Morgan fingerprint density at radius 2 is 1.89 bits per heavy atom. The Bertz CT molecular complexity index is 605. The van der Waals surface area contributed by atoms with E-state index in [4.69, 9.17) is 4.74 Å². The number of piperidine rings is 1. The Balaban J connectivity index is 0.00000392. The summed E-state index contributed by atoms with van der Waals surface area (Å²) in [5, 5.41) is 6.53. The molecule has 1 aromatic carbocycles. The number of benzene rings is 1. The molecule has 0 atom stereocenters. The molecule has 1 fully saturated rings. The van der Waals surface area contributed by atoms with E-state index in [-0.39, 0.29) is 24.0 Å². The van der Waals surface area contributed by atoms with Gasteiger partial charge >= 0.3 is 6.18 Å². The lowest BCUT2D eigenvalue weighted by atomic mass is 9.93. The molecular weight excluding hydrogens is 484 g/mol. The normalized spacial score (nSPS) is 16.4. The molecule has 0 bridgehead atoms. The second-order valence-electron chi connectivity index (χ2n) is 6.79. The highest BCUT2D eigenvalue weighted by Gasteiger charge is 2.32. The van der Waals surface area contributed by atoms with Gasteiger partial charge in [-0.3, -0.25) is 9.89 Å². The number of halogens is 4. The summed E-state index contributed by atoms with van der Waals surface area (Å²) in [7, 11) is 3.36. The van der Waals surface area contributed by atoms with Gasteiger partial charge < -0.3 is 15.4 Å². The summed E-state index contributed by atoms with van der Waals surface area (Å²) in [6.07, 6.45) is -1.56. The van der Waals surface area contributed by atoms with Gasteiger partial charge in [-0.05, 0) is 44.3 Å². The van der Waals surface area contributed by atoms with Crippen molar-refractivity contribution in [3.8, 4) is 5.75 Å². The Morgan fingerprint density at radius 1 is 1.21 bits per heavy atom. The van der Waals surface area contributed by atoms with E-state index < -0.39 is 12.7 Å². The molecule has 0 spiro atoms. The molecule has 0 radical (unpaired) electrons. The summed E-state index contributed by atoms with van der Waals surface area (Å²) in [6, 6.07) is 7.79. The van der Waals surface area contributed by atoms with Gasteiger partial charge in [-0.1, -0.05) is 18.2 Å². The summed E-state index contributed by atoms with van der Waals surface area (Å²) < 4.78 is 42.6. The van der Waals surface area contributed by atoms with E-state index in [2.05, 4.69) is 15.6 Å². The van der Waals surface area contributed by atoms with Gasteiger partial charge in [0.15, 0.2) is 5.96 Å². The number of nitrogens with one attached hydrogen (secondary N) is 2. The van der Waals surface area contributed by atoms with E-state index in [1.807, 2.05) is 24.3 Å². The minimum Gasteiger partial charge on any atom is -0.496 e. The molecule has 0 aliphatic carbocycles. The maximum absolute atomic E-state index is 12.4. The molecule has 0 unspecified atom stereocenters. The molecule has 9 heteroatoms. The van der Waals surface area contributed by atoms with E-state index in [0.717, 1.165) is 37.1 Å². The lowest BCUT2D eigenvalue weighted by molar-refractivity contribution is -0.148. The lowest BCUT2D eigenvalue weighted by Gasteiger charge is -2.32. The number of hydrogen-bond acceptors (Lipinski definition) is 3. The first kappa shape index (κ1) is 24.8. The summed E-state index contributed by atoms with van der Waals surface area (Å²) >= 11 is 0. The maximum atomic E-state index is 12.4. The lowest BCUT2D eigenvalue weighted by Crippen LogP contribution is -2.41. The number of ether oxygens (including phenoxy) is 1. The second-order valence-corrected chi connectivity index (χ2v) is 6.79. The molecule has 2 rings (SSSR count). The van der Waals surface area contributed by atoms with Crippen LogP contribution in [0.25, 0.3) is 0 Å². The van der Waals surface area contributed by atoms with Crippen molar-refractivity contribution < 1.29 is 17.9 Å². The minimum absolute atomic E-state index is 0. The molecule has 1 aliphatic rings. The zero-order valence-electron chi connectivity index (χ0n) is 16.4. The zero-order valence-corrected chi connectivity index (χ0v) is 18.7. The first-order valence-electron chi connectivity index (χ1n) is 9.27. The van der Waals surface area contributed by atoms with Crippen molar-refractivity contribution in [2.24, 2.45) is 10.9 Å². The van der Waals surface area contributed by atoms with Crippen LogP contribution in [0.5, 0.6) is 5.75 Å². The van der Waals surface area contributed by atoms with Crippen LogP contribution in [0.15, 0.2) is 29.3 Å². The molecular formula is C19H30F3IN4O. The predicted molar refractivity (Wildman–Crippen MR) is 116 cm³/mol. The number of aliphatic imine (C=N–C) groups is 1. The highest BCUT2D eigenvalue weighted by Crippen LogP contribution is 2.24. The number of methoxy groups -OCH3 is 1. The molecule has 28 heavy (non-hydrogen) atoms. The molecule has 2 N–H and O–H groups in total. The molecule has 1 aliphatic heterocycles. The summed E-state index contributed by atoms with van der Waals surface area (Å²) in [6.45, 7) is 1.59. The van der Waals surface area contributed by atoms with Crippen molar-refractivity contribution in [2.45, 2.75) is 32.0 Å². The van der Waals surface area contributed by atoms with Gasteiger partial charge in [-0.25, -0.2) is 0 Å². The molecule has 0 aromatic heterocycles. The molecule has 0 amide bonds. The van der Waals surface area contributed by atoms with Crippen LogP contribution in [-0.2, 0) is 6.54 Å². The SMILES string of the molecule is CN=C(NCCC1CCN(CC(F)(F)F)CC1)NCc1ccccc1OC.I. The average molecular weight is 514 g/mol. The fraction of sp³-hybridized carbons (Fsp3) is 0.632. The van der Waals surface area contributed by atoms with Gasteiger partial charge in [-0.2, -0.15) is 13.2 Å². The van der Waals surface area contributed by atoms with Gasteiger partial charge in [0.25, 0.3) is 0 Å². The zero-order chi connectivity index (χ0) is 19.7. The largest absolute Gasteiger partial charge is 0.496 e. The molecule has 160 valence electrons. The van der Waals surface area contributed by atoms with Gasteiger partial charge in [0.2, 0.25) is 0 Å². The third-order valence-corrected chi connectivity index (χ3v) is 4.82. The maximum Gasteiger partial charge on any atom is 0.401 e. The molecule has 1 aromatic rings. The van der Waals surface area contributed by atoms with Crippen molar-refractivity contribution in [3.63, 3.8) is 0 Å². The standard InChI is InChI=1S/C19H29F3N4O.HI/c1-23-18(25-13-16-5-3-4-6-17(16)27-2)24-10-7-15-8-11-26(12-9-15)14-19(20,21)22;/h3-6,15H,7-14H2,1-2H3,(H2,23,24,25);1H. The smallest absolute Gasteiger partial charge is 0.401 e. The van der Waals surface area contributed by atoms with Crippen molar-refractivity contribution in [3.05, 3.63) is 29.8 Å². The van der Waals surface area contributed by atoms with E-state index >= 15 is 0 Å².